The summed E-state index contributed by atoms with van der Waals surface area (Å²) in [6, 6.07) is 14.2. The minimum absolute atomic E-state index is 0.0841. The molecule has 5 heteroatoms. The number of carbonyl (C=O) groups is 1. The first-order valence-corrected chi connectivity index (χ1v) is 9.39. The van der Waals surface area contributed by atoms with Crippen molar-refractivity contribution in [2.45, 2.75) is 19.9 Å². The summed E-state index contributed by atoms with van der Waals surface area (Å²) in [5.74, 6) is 0.644. The number of nitrogens with one attached hydrogen (secondary N) is 1. The van der Waals surface area contributed by atoms with Crippen LogP contribution in [0.4, 0.5) is 0 Å². The fourth-order valence-electron chi connectivity index (χ4n) is 3.48. The number of amides is 1. The number of methoxy groups -OCH3 is 1. The Labute approximate surface area is 161 Å². The van der Waals surface area contributed by atoms with Gasteiger partial charge in [0.2, 0.25) is 0 Å². The molecule has 2 aromatic carbocycles. The average Bonchev–Trinajstić information content (AvgIpc) is 2.69. The molecule has 1 aliphatic heterocycles. The summed E-state index contributed by atoms with van der Waals surface area (Å²) in [5, 5.41) is 3.11. The zero-order valence-electron chi connectivity index (χ0n) is 16.3. The largest absolute Gasteiger partial charge is 0.496 e. The molecule has 2 aromatic rings. The van der Waals surface area contributed by atoms with Crippen molar-refractivity contribution in [2.24, 2.45) is 0 Å². The lowest BCUT2D eigenvalue weighted by Gasteiger charge is -2.35. The minimum atomic E-state index is -0.0841. The van der Waals surface area contributed by atoms with Crippen molar-refractivity contribution in [1.29, 1.82) is 0 Å². The topological polar surface area (TPSA) is 50.8 Å². The van der Waals surface area contributed by atoms with E-state index in [4.69, 9.17) is 9.47 Å². The Morgan fingerprint density at radius 1 is 1.19 bits per heavy atom. The van der Waals surface area contributed by atoms with Crippen LogP contribution in [-0.4, -0.2) is 50.8 Å². The van der Waals surface area contributed by atoms with E-state index in [2.05, 4.69) is 41.4 Å². The highest BCUT2D eigenvalue weighted by atomic mass is 16.5. The van der Waals surface area contributed by atoms with Gasteiger partial charge < -0.3 is 14.8 Å². The van der Waals surface area contributed by atoms with E-state index in [0.717, 1.165) is 37.6 Å². The van der Waals surface area contributed by atoms with E-state index >= 15 is 0 Å². The normalized spacial score (nSPS) is 16.0. The van der Waals surface area contributed by atoms with Crippen LogP contribution in [0.5, 0.6) is 5.75 Å². The van der Waals surface area contributed by atoms with Crippen LogP contribution in [0.3, 0.4) is 0 Å². The molecule has 0 aromatic heterocycles. The SMILES string of the molecule is COc1cc(C(=O)NCC(c2cccc(C)c2)N2CCOCC2)ccc1C. The van der Waals surface area contributed by atoms with Gasteiger partial charge in [-0.1, -0.05) is 35.9 Å². The quantitative estimate of drug-likeness (QED) is 0.851. The number of rotatable bonds is 6. The predicted octanol–water partition coefficient (Wildman–Crippen LogP) is 3.12. The lowest BCUT2D eigenvalue weighted by Crippen LogP contribution is -2.43. The van der Waals surface area contributed by atoms with Gasteiger partial charge in [0.25, 0.3) is 5.91 Å². The van der Waals surface area contributed by atoms with Gasteiger partial charge in [-0.05, 0) is 37.1 Å². The Bertz CT molecular complexity index is 785. The van der Waals surface area contributed by atoms with E-state index in [1.165, 1.54) is 11.1 Å². The Morgan fingerprint density at radius 2 is 1.96 bits per heavy atom. The van der Waals surface area contributed by atoms with Crippen LogP contribution >= 0.6 is 0 Å². The smallest absolute Gasteiger partial charge is 0.251 e. The second kappa shape index (κ2) is 9.02. The van der Waals surface area contributed by atoms with E-state index in [1.54, 1.807) is 13.2 Å². The number of morpholine rings is 1. The maximum Gasteiger partial charge on any atom is 0.251 e. The molecule has 0 radical (unpaired) electrons. The number of aryl methyl sites for hydroxylation is 2. The standard InChI is InChI=1S/C22H28N2O3/c1-16-5-4-6-18(13-16)20(24-9-11-27-12-10-24)15-23-22(25)19-8-7-17(2)21(14-19)26-3/h4-8,13-14,20H,9-12,15H2,1-3H3,(H,23,25). The molecule has 1 heterocycles. The Kier molecular flexibility index (Phi) is 6.48. The molecule has 1 fully saturated rings. The zero-order valence-corrected chi connectivity index (χ0v) is 16.3. The molecule has 1 atom stereocenters. The molecular formula is C22H28N2O3. The third-order valence-electron chi connectivity index (χ3n) is 5.04. The first-order valence-electron chi connectivity index (χ1n) is 9.39. The first-order chi connectivity index (χ1) is 13.1. The van der Waals surface area contributed by atoms with Crippen LogP contribution in [0.25, 0.3) is 0 Å². The van der Waals surface area contributed by atoms with Crippen LogP contribution in [0.15, 0.2) is 42.5 Å². The summed E-state index contributed by atoms with van der Waals surface area (Å²) in [4.78, 5) is 15.1. The number of benzene rings is 2. The molecule has 0 aliphatic carbocycles. The van der Waals surface area contributed by atoms with Gasteiger partial charge >= 0.3 is 0 Å². The monoisotopic (exact) mass is 368 g/mol. The van der Waals surface area contributed by atoms with Gasteiger partial charge in [0.1, 0.15) is 5.75 Å². The summed E-state index contributed by atoms with van der Waals surface area (Å²) in [5.41, 5.74) is 4.07. The van der Waals surface area contributed by atoms with Crippen molar-refractivity contribution < 1.29 is 14.3 Å². The van der Waals surface area contributed by atoms with E-state index in [1.807, 2.05) is 19.1 Å². The zero-order chi connectivity index (χ0) is 19.2. The summed E-state index contributed by atoms with van der Waals surface area (Å²) in [6.07, 6.45) is 0. The number of hydrogen-bond donors (Lipinski definition) is 1. The molecule has 144 valence electrons. The maximum atomic E-state index is 12.7. The molecule has 0 bridgehead atoms. The molecule has 1 aliphatic rings. The van der Waals surface area contributed by atoms with E-state index in [-0.39, 0.29) is 11.9 Å². The number of carbonyl (C=O) groups excluding carboxylic acids is 1. The van der Waals surface area contributed by atoms with E-state index in [9.17, 15) is 4.79 Å². The van der Waals surface area contributed by atoms with Gasteiger partial charge in [0.05, 0.1) is 26.4 Å². The molecule has 0 spiro atoms. The van der Waals surface area contributed by atoms with E-state index in [0.29, 0.717) is 12.1 Å². The Hall–Kier alpha value is -2.37. The van der Waals surface area contributed by atoms with Gasteiger partial charge in [0, 0.05) is 25.2 Å². The molecule has 27 heavy (non-hydrogen) atoms. The van der Waals surface area contributed by atoms with E-state index < -0.39 is 0 Å². The highest BCUT2D eigenvalue weighted by Gasteiger charge is 2.23. The number of ether oxygens (including phenoxy) is 2. The molecule has 1 unspecified atom stereocenters. The second-order valence-electron chi connectivity index (χ2n) is 6.97. The lowest BCUT2D eigenvalue weighted by atomic mass is 10.0. The Morgan fingerprint density at radius 3 is 2.67 bits per heavy atom. The summed E-state index contributed by atoms with van der Waals surface area (Å²) in [6.45, 7) is 7.80. The maximum absolute atomic E-state index is 12.7. The van der Waals surface area contributed by atoms with Crippen LogP contribution < -0.4 is 10.1 Å². The molecule has 0 saturated carbocycles. The highest BCUT2D eigenvalue weighted by molar-refractivity contribution is 5.94. The minimum Gasteiger partial charge on any atom is -0.496 e. The fourth-order valence-corrected chi connectivity index (χ4v) is 3.48. The van der Waals surface area contributed by atoms with Crippen molar-refractivity contribution in [3.05, 3.63) is 64.7 Å². The highest BCUT2D eigenvalue weighted by Crippen LogP contribution is 2.23. The average molecular weight is 368 g/mol. The van der Waals surface area contributed by atoms with Crippen LogP contribution in [0, 0.1) is 13.8 Å². The second-order valence-corrected chi connectivity index (χ2v) is 6.97. The summed E-state index contributed by atoms with van der Waals surface area (Å²) < 4.78 is 10.8. The van der Waals surface area contributed by atoms with Crippen LogP contribution in [0.1, 0.15) is 33.1 Å². The molecule has 5 nitrogen and oxygen atoms in total. The number of nitrogens with zero attached hydrogens (tertiary/aromatic N) is 1. The van der Waals surface area contributed by atoms with Crippen LogP contribution in [-0.2, 0) is 4.74 Å². The van der Waals surface area contributed by atoms with Crippen LogP contribution in [0.2, 0.25) is 0 Å². The molecule has 1 saturated heterocycles. The molecule has 1 amide bonds. The number of hydrogen-bond acceptors (Lipinski definition) is 4. The van der Waals surface area contributed by atoms with Crippen molar-refractivity contribution in [3.63, 3.8) is 0 Å². The first kappa shape index (κ1) is 19.4. The van der Waals surface area contributed by atoms with Crippen molar-refractivity contribution >= 4 is 5.91 Å². The van der Waals surface area contributed by atoms with Crippen molar-refractivity contribution in [1.82, 2.24) is 10.2 Å². The van der Waals surface area contributed by atoms with Gasteiger partial charge in [-0.15, -0.1) is 0 Å². The van der Waals surface area contributed by atoms with Gasteiger partial charge in [-0.2, -0.15) is 0 Å². The van der Waals surface area contributed by atoms with Gasteiger partial charge in [-0.3, -0.25) is 9.69 Å². The summed E-state index contributed by atoms with van der Waals surface area (Å²) in [7, 11) is 1.62. The summed E-state index contributed by atoms with van der Waals surface area (Å²) >= 11 is 0. The molecule has 3 rings (SSSR count). The Balaban J connectivity index is 1.75. The third-order valence-corrected chi connectivity index (χ3v) is 5.04. The van der Waals surface area contributed by atoms with Gasteiger partial charge in [-0.25, -0.2) is 0 Å². The molecule has 1 N–H and O–H groups in total. The third kappa shape index (κ3) is 4.87. The van der Waals surface area contributed by atoms with Crippen molar-refractivity contribution in [3.8, 4) is 5.75 Å². The van der Waals surface area contributed by atoms with Gasteiger partial charge in [0.15, 0.2) is 0 Å². The fraction of sp³-hybridized carbons (Fsp3) is 0.409. The lowest BCUT2D eigenvalue weighted by molar-refractivity contribution is 0.0162. The predicted molar refractivity (Wildman–Crippen MR) is 106 cm³/mol. The van der Waals surface area contributed by atoms with Crippen molar-refractivity contribution in [2.75, 3.05) is 40.0 Å². The molecular weight excluding hydrogens is 340 g/mol.